The minimum atomic E-state index is -0.243. The van der Waals surface area contributed by atoms with Crippen molar-refractivity contribution in [2.45, 2.75) is 6.54 Å². The number of rotatable bonds is 3. The van der Waals surface area contributed by atoms with Gasteiger partial charge in [-0.2, -0.15) is 5.10 Å². The topological polar surface area (TPSA) is 56.4 Å². The van der Waals surface area contributed by atoms with Gasteiger partial charge in [-0.15, -0.1) is 0 Å². The molecular weight excluding hydrogens is 278 g/mol. The monoisotopic (exact) mass is 287 g/mol. The van der Waals surface area contributed by atoms with E-state index in [-0.39, 0.29) is 17.9 Å². The zero-order valence-electron chi connectivity index (χ0n) is 10.4. The second-order valence-electron chi connectivity index (χ2n) is 4.32. The number of aromatic nitrogens is 3. The molecule has 2 aromatic heterocycles. The maximum Gasteiger partial charge on any atom is 0.276 e. The summed E-state index contributed by atoms with van der Waals surface area (Å²) in [6.07, 6.45) is 4.74. The molecule has 0 atom stereocenters. The fourth-order valence-corrected chi connectivity index (χ4v) is 2.09. The van der Waals surface area contributed by atoms with Crippen LogP contribution in [0.25, 0.3) is 5.52 Å². The lowest BCUT2D eigenvalue weighted by Crippen LogP contribution is -2.25. The van der Waals surface area contributed by atoms with Crippen LogP contribution in [0.15, 0.2) is 53.7 Å². The lowest BCUT2D eigenvalue weighted by Gasteiger charge is -2.05. The molecule has 0 spiro atoms. The quantitative estimate of drug-likeness (QED) is 0.693. The number of carbonyl (C=O) groups is 1. The van der Waals surface area contributed by atoms with E-state index in [1.165, 1.54) is 9.08 Å². The number of carbonyl (C=O) groups excluding carboxylic acids is 1. The zero-order chi connectivity index (χ0) is 14.1. The molecule has 0 fully saturated rings. The molecule has 0 amide bonds. The largest absolute Gasteiger partial charge is 0.304 e. The molecule has 0 saturated carbocycles. The van der Waals surface area contributed by atoms with Crippen LogP contribution in [0.3, 0.4) is 0 Å². The van der Waals surface area contributed by atoms with Gasteiger partial charge in [-0.05, 0) is 30.3 Å². The van der Waals surface area contributed by atoms with E-state index in [1.807, 2.05) is 0 Å². The zero-order valence-corrected chi connectivity index (χ0v) is 11.1. The van der Waals surface area contributed by atoms with Crippen molar-refractivity contribution in [1.29, 1.82) is 0 Å². The third kappa shape index (κ3) is 2.23. The molecule has 6 heteroatoms. The molecule has 0 radical (unpaired) electrons. The van der Waals surface area contributed by atoms with E-state index in [2.05, 4.69) is 5.10 Å². The average molecular weight is 288 g/mol. The molecule has 0 saturated heterocycles. The van der Waals surface area contributed by atoms with Crippen molar-refractivity contribution in [3.63, 3.8) is 0 Å². The predicted molar refractivity (Wildman–Crippen MR) is 75.2 cm³/mol. The Morgan fingerprint density at radius 1 is 1.15 bits per heavy atom. The fraction of sp³-hybridized carbons (Fsp3) is 0.0714. The number of Topliss-reactive ketones (excluding diaryl/α,β-unsaturated/α-hetero) is 1. The first-order valence-corrected chi connectivity index (χ1v) is 6.34. The summed E-state index contributed by atoms with van der Waals surface area (Å²) in [4.78, 5) is 24.3. The first kappa shape index (κ1) is 12.6. The molecule has 0 aliphatic heterocycles. The van der Waals surface area contributed by atoms with Gasteiger partial charge in [0, 0.05) is 23.0 Å². The third-order valence-electron chi connectivity index (χ3n) is 3.02. The van der Waals surface area contributed by atoms with Gasteiger partial charge in [-0.1, -0.05) is 11.6 Å². The van der Waals surface area contributed by atoms with Crippen molar-refractivity contribution in [2.75, 3.05) is 0 Å². The highest BCUT2D eigenvalue weighted by atomic mass is 35.5. The second-order valence-corrected chi connectivity index (χ2v) is 4.76. The van der Waals surface area contributed by atoms with Crippen molar-refractivity contribution in [2.24, 2.45) is 0 Å². The van der Waals surface area contributed by atoms with E-state index in [0.29, 0.717) is 16.1 Å². The first-order valence-electron chi connectivity index (χ1n) is 5.97. The fourth-order valence-electron chi connectivity index (χ4n) is 1.97. The van der Waals surface area contributed by atoms with E-state index in [9.17, 15) is 9.59 Å². The van der Waals surface area contributed by atoms with Crippen LogP contribution in [0.4, 0.5) is 0 Å². The SMILES string of the molecule is O=C(Cn1ccn2nccc2c1=O)c1ccc(Cl)cc1. The number of nitrogens with zero attached hydrogens (tertiary/aromatic N) is 3. The summed E-state index contributed by atoms with van der Waals surface area (Å²) in [5.41, 5.74) is 0.721. The Labute approximate surface area is 119 Å². The molecule has 1 aromatic carbocycles. The van der Waals surface area contributed by atoms with Gasteiger partial charge in [-0.25, -0.2) is 4.52 Å². The van der Waals surface area contributed by atoms with Crippen molar-refractivity contribution in [1.82, 2.24) is 14.2 Å². The van der Waals surface area contributed by atoms with E-state index in [4.69, 9.17) is 11.6 Å². The van der Waals surface area contributed by atoms with Crippen LogP contribution in [0.1, 0.15) is 10.4 Å². The Kier molecular flexibility index (Phi) is 3.12. The predicted octanol–water partition coefficient (Wildman–Crippen LogP) is 2.03. The average Bonchev–Trinajstić information content (AvgIpc) is 2.92. The lowest BCUT2D eigenvalue weighted by molar-refractivity contribution is 0.0971. The minimum Gasteiger partial charge on any atom is -0.304 e. The summed E-state index contributed by atoms with van der Waals surface area (Å²) in [6, 6.07) is 8.21. The highest BCUT2D eigenvalue weighted by Crippen LogP contribution is 2.10. The Morgan fingerprint density at radius 3 is 2.65 bits per heavy atom. The van der Waals surface area contributed by atoms with Gasteiger partial charge >= 0.3 is 0 Å². The molecule has 20 heavy (non-hydrogen) atoms. The molecule has 0 bridgehead atoms. The maximum atomic E-state index is 12.1. The molecule has 0 N–H and O–H groups in total. The van der Waals surface area contributed by atoms with E-state index in [1.54, 1.807) is 48.9 Å². The standard InChI is InChI=1S/C14H10ClN3O2/c15-11-3-1-10(2-4-11)13(19)9-17-7-8-18-12(14(17)20)5-6-16-18/h1-8H,9H2. The smallest absolute Gasteiger partial charge is 0.276 e. The minimum absolute atomic E-state index is 0.0118. The van der Waals surface area contributed by atoms with Crippen LogP contribution in [-0.2, 0) is 6.54 Å². The first-order chi connectivity index (χ1) is 9.65. The number of fused-ring (bicyclic) bond motifs is 1. The van der Waals surface area contributed by atoms with Gasteiger partial charge in [-0.3, -0.25) is 9.59 Å². The Balaban J connectivity index is 1.93. The van der Waals surface area contributed by atoms with Gasteiger partial charge in [0.25, 0.3) is 5.56 Å². The molecular formula is C14H10ClN3O2. The summed E-state index contributed by atoms with van der Waals surface area (Å²) in [6.45, 7) is -0.0118. The molecule has 3 rings (SSSR count). The normalized spacial score (nSPS) is 10.8. The van der Waals surface area contributed by atoms with Crippen molar-refractivity contribution in [3.8, 4) is 0 Å². The molecule has 100 valence electrons. The third-order valence-corrected chi connectivity index (χ3v) is 3.27. The van der Waals surface area contributed by atoms with Crippen molar-refractivity contribution < 1.29 is 4.79 Å². The van der Waals surface area contributed by atoms with Crippen LogP contribution in [-0.4, -0.2) is 20.0 Å². The van der Waals surface area contributed by atoms with Crippen LogP contribution in [0, 0.1) is 0 Å². The summed E-state index contributed by atoms with van der Waals surface area (Å²) >= 11 is 5.78. The number of ketones is 1. The van der Waals surface area contributed by atoms with Gasteiger partial charge in [0.15, 0.2) is 5.78 Å². The maximum absolute atomic E-state index is 12.1. The van der Waals surface area contributed by atoms with Gasteiger partial charge in [0.2, 0.25) is 0 Å². The van der Waals surface area contributed by atoms with Crippen LogP contribution >= 0.6 is 11.6 Å². The van der Waals surface area contributed by atoms with Crippen molar-refractivity contribution in [3.05, 3.63) is 69.9 Å². The van der Waals surface area contributed by atoms with Gasteiger partial charge < -0.3 is 4.57 Å². The summed E-state index contributed by atoms with van der Waals surface area (Å²) in [5.74, 6) is -0.146. The van der Waals surface area contributed by atoms with E-state index < -0.39 is 0 Å². The molecule has 0 aliphatic rings. The molecule has 0 aliphatic carbocycles. The number of benzene rings is 1. The molecule has 5 nitrogen and oxygen atoms in total. The summed E-state index contributed by atoms with van der Waals surface area (Å²) in [7, 11) is 0. The van der Waals surface area contributed by atoms with Crippen molar-refractivity contribution >= 4 is 22.9 Å². The molecule has 3 aromatic rings. The Hall–Kier alpha value is -2.40. The van der Waals surface area contributed by atoms with Crippen LogP contribution < -0.4 is 5.56 Å². The van der Waals surface area contributed by atoms with E-state index in [0.717, 1.165) is 0 Å². The van der Waals surface area contributed by atoms with Gasteiger partial charge in [0.1, 0.15) is 5.52 Å². The van der Waals surface area contributed by atoms with Crippen LogP contribution in [0.5, 0.6) is 0 Å². The highest BCUT2D eigenvalue weighted by Gasteiger charge is 2.09. The summed E-state index contributed by atoms with van der Waals surface area (Å²) in [5, 5.41) is 4.54. The van der Waals surface area contributed by atoms with E-state index >= 15 is 0 Å². The number of hydrogen-bond donors (Lipinski definition) is 0. The summed E-state index contributed by atoms with van der Waals surface area (Å²) < 4.78 is 2.85. The number of hydrogen-bond acceptors (Lipinski definition) is 3. The lowest BCUT2D eigenvalue weighted by atomic mass is 10.1. The van der Waals surface area contributed by atoms with Gasteiger partial charge in [0.05, 0.1) is 12.7 Å². The van der Waals surface area contributed by atoms with Crippen LogP contribution in [0.2, 0.25) is 5.02 Å². The Morgan fingerprint density at radius 2 is 1.90 bits per heavy atom. The second kappa shape index (κ2) is 4.94. The highest BCUT2D eigenvalue weighted by molar-refractivity contribution is 6.30. The molecule has 0 unspecified atom stereocenters. The number of halogens is 1. The molecule has 2 heterocycles. The Bertz CT molecular complexity index is 833.